The lowest BCUT2D eigenvalue weighted by Gasteiger charge is -2.22. The summed E-state index contributed by atoms with van der Waals surface area (Å²) in [4.78, 5) is 0. The Kier molecular flexibility index (Phi) is 3.07. The summed E-state index contributed by atoms with van der Waals surface area (Å²) in [6.45, 7) is 3.76. The van der Waals surface area contributed by atoms with Gasteiger partial charge in [0.15, 0.2) is 0 Å². The molecule has 0 aliphatic rings. The van der Waals surface area contributed by atoms with E-state index >= 15 is 0 Å². The van der Waals surface area contributed by atoms with Gasteiger partial charge in [-0.25, -0.2) is 0 Å². The summed E-state index contributed by atoms with van der Waals surface area (Å²) in [5.74, 6) is 0. The highest BCUT2D eigenvalue weighted by molar-refractivity contribution is 6.32. The van der Waals surface area contributed by atoms with Crippen LogP contribution in [0.1, 0.15) is 5.56 Å². The molecule has 3 rings (SSSR count). The molecule has 3 aromatic carbocycles. The number of hydrogen-bond acceptors (Lipinski definition) is 9. The Labute approximate surface area is 143 Å². The highest BCUT2D eigenvalue weighted by Gasteiger charge is 2.24. The minimum atomic E-state index is 0.126. The molecule has 0 radical (unpaired) electrons. The van der Waals surface area contributed by atoms with Gasteiger partial charge in [0, 0.05) is 27.1 Å². The van der Waals surface area contributed by atoms with Gasteiger partial charge >= 0.3 is 0 Å². The van der Waals surface area contributed by atoms with Gasteiger partial charge in [0.25, 0.3) is 0 Å². The van der Waals surface area contributed by atoms with E-state index in [9.17, 15) is 0 Å². The fourth-order valence-electron chi connectivity index (χ4n) is 3.24. The molecule has 0 spiro atoms. The summed E-state index contributed by atoms with van der Waals surface area (Å²) in [7, 11) is 0. The van der Waals surface area contributed by atoms with E-state index in [4.69, 9.17) is 51.6 Å². The second kappa shape index (κ2) is 4.81. The molecule has 0 aromatic heterocycles. The standard InChI is InChI=1S/C16H21N9/c1-2-3-4-5(11(20)14(23)8(3)17)10(19)7-6(9(4)18)12(21)15(24)16(25)13(7)22/h2H,1,17-25H2. The number of nitrogens with two attached hydrogens (primary N) is 9. The number of nitrogen functional groups attached to an aromatic ring is 9. The fourth-order valence-corrected chi connectivity index (χ4v) is 3.24. The van der Waals surface area contributed by atoms with Gasteiger partial charge in [0.1, 0.15) is 0 Å². The van der Waals surface area contributed by atoms with Gasteiger partial charge in [-0.1, -0.05) is 12.7 Å². The zero-order valence-corrected chi connectivity index (χ0v) is 13.5. The van der Waals surface area contributed by atoms with E-state index in [1.807, 2.05) is 0 Å². The van der Waals surface area contributed by atoms with Crippen LogP contribution in [-0.4, -0.2) is 0 Å². The molecule has 0 saturated carbocycles. The Morgan fingerprint density at radius 3 is 1.12 bits per heavy atom. The van der Waals surface area contributed by atoms with Crippen molar-refractivity contribution in [3.8, 4) is 0 Å². The topological polar surface area (TPSA) is 234 Å². The molecule has 0 saturated heterocycles. The smallest absolute Gasteiger partial charge is 0.0810 e. The molecule has 0 bridgehead atoms. The SMILES string of the molecule is C=Cc1c(N)c(N)c(N)c2c(N)c3c(N)c(N)c(N)c(N)c3c(N)c12. The highest BCUT2D eigenvalue weighted by atomic mass is 14.8. The molecule has 3 aromatic rings. The maximum atomic E-state index is 6.39. The van der Waals surface area contributed by atoms with Crippen molar-refractivity contribution < 1.29 is 0 Å². The Balaban J connectivity index is 2.84. The van der Waals surface area contributed by atoms with Crippen molar-refractivity contribution in [2.75, 3.05) is 51.6 Å². The predicted octanol–water partition coefficient (Wildman–Crippen LogP) is 0.876. The molecule has 0 unspecified atom stereocenters. The Bertz CT molecular complexity index is 1100. The van der Waals surface area contributed by atoms with Gasteiger partial charge < -0.3 is 51.6 Å². The molecule has 18 N–H and O–H groups in total. The molecule has 25 heavy (non-hydrogen) atoms. The van der Waals surface area contributed by atoms with Gasteiger partial charge in [-0.3, -0.25) is 0 Å². The molecule has 130 valence electrons. The quantitative estimate of drug-likeness (QED) is 0.173. The van der Waals surface area contributed by atoms with Crippen molar-refractivity contribution >= 4 is 78.8 Å². The average molecular weight is 339 g/mol. The lowest BCUT2D eigenvalue weighted by Crippen LogP contribution is -2.10. The molecular formula is C16H21N9. The molecule has 9 nitrogen and oxygen atoms in total. The normalized spacial score (nSPS) is 11.2. The van der Waals surface area contributed by atoms with E-state index in [0.717, 1.165) is 0 Å². The summed E-state index contributed by atoms with van der Waals surface area (Å²) in [5, 5.41) is 1.67. The van der Waals surface area contributed by atoms with E-state index in [1.54, 1.807) is 0 Å². The second-order valence-corrected chi connectivity index (χ2v) is 5.84. The summed E-state index contributed by atoms with van der Waals surface area (Å²) < 4.78 is 0. The first-order valence-electron chi connectivity index (χ1n) is 7.29. The third-order valence-electron chi connectivity index (χ3n) is 4.60. The van der Waals surface area contributed by atoms with Gasteiger partial charge in [0.2, 0.25) is 0 Å². The van der Waals surface area contributed by atoms with E-state index in [1.165, 1.54) is 6.08 Å². The molecule has 0 fully saturated rings. The van der Waals surface area contributed by atoms with Crippen molar-refractivity contribution in [2.45, 2.75) is 0 Å². The van der Waals surface area contributed by atoms with Gasteiger partial charge in [-0.05, 0) is 0 Å². The molecule has 9 heteroatoms. The number of anilines is 9. The van der Waals surface area contributed by atoms with Crippen LogP contribution in [-0.2, 0) is 0 Å². The maximum absolute atomic E-state index is 6.39. The van der Waals surface area contributed by atoms with Gasteiger partial charge in [-0.2, -0.15) is 0 Å². The second-order valence-electron chi connectivity index (χ2n) is 5.84. The van der Waals surface area contributed by atoms with Crippen LogP contribution in [0.2, 0.25) is 0 Å². The third-order valence-corrected chi connectivity index (χ3v) is 4.60. The minimum absolute atomic E-state index is 0.126. The zero-order chi connectivity index (χ0) is 18.8. The summed E-state index contributed by atoms with van der Waals surface area (Å²) in [6, 6.07) is 0. The van der Waals surface area contributed by atoms with Crippen molar-refractivity contribution in [1.82, 2.24) is 0 Å². The first-order valence-corrected chi connectivity index (χ1v) is 7.29. The van der Waals surface area contributed by atoms with E-state index < -0.39 is 0 Å². The van der Waals surface area contributed by atoms with E-state index in [2.05, 4.69) is 6.58 Å². The number of benzene rings is 3. The number of hydrogen-bond donors (Lipinski definition) is 9. The highest BCUT2D eigenvalue weighted by Crippen LogP contribution is 2.51. The maximum Gasteiger partial charge on any atom is 0.0810 e. The number of fused-ring (bicyclic) bond motifs is 2. The molecular weight excluding hydrogens is 318 g/mol. The van der Waals surface area contributed by atoms with E-state index in [0.29, 0.717) is 27.1 Å². The minimum Gasteiger partial charge on any atom is -0.398 e. The average Bonchev–Trinajstić information content (AvgIpc) is 2.58. The van der Waals surface area contributed by atoms with Crippen molar-refractivity contribution in [1.29, 1.82) is 0 Å². The molecule has 0 amide bonds. The lowest BCUT2D eigenvalue weighted by atomic mass is 9.90. The van der Waals surface area contributed by atoms with Crippen LogP contribution in [0.4, 0.5) is 51.2 Å². The van der Waals surface area contributed by atoms with Crippen LogP contribution >= 0.6 is 0 Å². The largest absolute Gasteiger partial charge is 0.398 e. The molecule has 0 aliphatic carbocycles. The number of rotatable bonds is 1. The summed E-state index contributed by atoms with van der Waals surface area (Å²) in [6.07, 6.45) is 1.52. The van der Waals surface area contributed by atoms with Crippen LogP contribution < -0.4 is 51.6 Å². The Morgan fingerprint density at radius 2 is 0.720 bits per heavy atom. The van der Waals surface area contributed by atoms with Crippen molar-refractivity contribution in [3.05, 3.63) is 12.1 Å². The third kappa shape index (κ3) is 1.71. The Hall–Kier alpha value is -3.88. The first kappa shape index (κ1) is 16.0. The van der Waals surface area contributed by atoms with Crippen LogP contribution in [0, 0.1) is 0 Å². The van der Waals surface area contributed by atoms with Crippen molar-refractivity contribution in [2.24, 2.45) is 0 Å². The first-order chi connectivity index (χ1) is 11.6. The monoisotopic (exact) mass is 339 g/mol. The van der Waals surface area contributed by atoms with Crippen LogP contribution in [0.15, 0.2) is 6.58 Å². The van der Waals surface area contributed by atoms with E-state index in [-0.39, 0.29) is 51.2 Å². The predicted molar refractivity (Wildman–Crippen MR) is 111 cm³/mol. The molecule has 0 heterocycles. The van der Waals surface area contributed by atoms with Crippen molar-refractivity contribution in [3.63, 3.8) is 0 Å². The molecule has 0 aliphatic heterocycles. The van der Waals surface area contributed by atoms with Crippen LogP contribution in [0.5, 0.6) is 0 Å². The van der Waals surface area contributed by atoms with Gasteiger partial charge in [0.05, 0.1) is 51.2 Å². The summed E-state index contributed by atoms with van der Waals surface area (Å²) >= 11 is 0. The van der Waals surface area contributed by atoms with Gasteiger partial charge in [-0.15, -0.1) is 0 Å². The molecule has 0 atom stereocenters. The lowest BCUT2D eigenvalue weighted by molar-refractivity contribution is 1.65. The Morgan fingerprint density at radius 1 is 0.400 bits per heavy atom. The summed E-state index contributed by atoms with van der Waals surface area (Å²) in [5.41, 5.74) is 57.4. The zero-order valence-electron chi connectivity index (χ0n) is 13.5. The fraction of sp³-hybridized carbons (Fsp3) is 0. The van der Waals surface area contributed by atoms with Crippen LogP contribution in [0.3, 0.4) is 0 Å². The van der Waals surface area contributed by atoms with Crippen LogP contribution in [0.25, 0.3) is 27.6 Å².